The molecule has 106 valence electrons. The molecule has 0 aliphatic carbocycles. The number of carbonyl (C=O) groups is 1. The van der Waals surface area contributed by atoms with Crippen molar-refractivity contribution in [3.63, 3.8) is 0 Å². The van der Waals surface area contributed by atoms with E-state index in [9.17, 15) is 4.79 Å². The van der Waals surface area contributed by atoms with Crippen LogP contribution in [0.2, 0.25) is 5.15 Å². The van der Waals surface area contributed by atoms with E-state index in [2.05, 4.69) is 24.1 Å². The van der Waals surface area contributed by atoms with E-state index in [1.807, 2.05) is 24.8 Å². The lowest BCUT2D eigenvalue weighted by molar-refractivity contribution is 0.0943. The van der Waals surface area contributed by atoms with E-state index < -0.39 is 0 Å². The van der Waals surface area contributed by atoms with Gasteiger partial charge in [-0.15, -0.1) is 0 Å². The average molecular weight is 301 g/mol. The molecule has 1 rings (SSSR count). The number of carbonyl (C=O) groups excluding carboxylic acids is 1. The molecule has 0 aromatic carbocycles. The fourth-order valence-electron chi connectivity index (χ4n) is 1.71. The predicted octanol–water partition coefficient (Wildman–Crippen LogP) is 3.56. The van der Waals surface area contributed by atoms with Crippen LogP contribution in [0.1, 0.15) is 43.2 Å². The molecule has 1 amide bonds. The molecule has 19 heavy (non-hydrogen) atoms. The number of hydrogen-bond acceptors (Lipinski definition) is 3. The van der Waals surface area contributed by atoms with Crippen LogP contribution in [0.4, 0.5) is 0 Å². The minimum atomic E-state index is -0.0779. The first-order valence-corrected chi connectivity index (χ1v) is 8.15. The molecule has 0 aliphatic rings. The van der Waals surface area contributed by atoms with Gasteiger partial charge < -0.3 is 5.32 Å². The third-order valence-corrected chi connectivity index (χ3v) is 3.90. The lowest BCUT2D eigenvalue weighted by atomic mass is 10.1. The second-order valence-corrected chi connectivity index (χ2v) is 6.16. The van der Waals surface area contributed by atoms with Crippen molar-refractivity contribution in [1.29, 1.82) is 0 Å². The number of amides is 1. The van der Waals surface area contributed by atoms with Gasteiger partial charge in [0.25, 0.3) is 5.91 Å². The smallest absolute Gasteiger partial charge is 0.251 e. The van der Waals surface area contributed by atoms with Crippen molar-refractivity contribution in [2.24, 2.45) is 0 Å². The number of aryl methyl sites for hydroxylation is 1. The van der Waals surface area contributed by atoms with E-state index in [-0.39, 0.29) is 11.9 Å². The quantitative estimate of drug-likeness (QED) is 0.783. The number of rotatable bonds is 7. The fourth-order valence-corrected chi connectivity index (χ4v) is 2.61. The predicted molar refractivity (Wildman–Crippen MR) is 83.2 cm³/mol. The highest BCUT2D eigenvalue weighted by atomic mass is 35.5. The highest BCUT2D eigenvalue weighted by molar-refractivity contribution is 7.99. The molecule has 3 nitrogen and oxygen atoms in total. The highest BCUT2D eigenvalue weighted by Crippen LogP contribution is 2.13. The highest BCUT2D eigenvalue weighted by Gasteiger charge is 2.12. The minimum absolute atomic E-state index is 0.0779. The number of nitrogens with one attached hydrogen (secondary N) is 1. The second kappa shape index (κ2) is 8.43. The van der Waals surface area contributed by atoms with Crippen molar-refractivity contribution >= 4 is 29.3 Å². The van der Waals surface area contributed by atoms with Crippen LogP contribution in [-0.2, 0) is 6.42 Å². The Balaban J connectivity index is 2.70. The van der Waals surface area contributed by atoms with Gasteiger partial charge in [-0.1, -0.05) is 31.9 Å². The molecule has 0 saturated heterocycles. The molecular formula is C14H21ClN2OS. The molecule has 0 saturated carbocycles. The normalized spacial score (nSPS) is 12.2. The Labute approximate surface area is 124 Å². The van der Waals surface area contributed by atoms with Crippen LogP contribution in [0.3, 0.4) is 0 Å². The topological polar surface area (TPSA) is 42.0 Å². The maximum atomic E-state index is 12.1. The van der Waals surface area contributed by atoms with Crippen LogP contribution in [0.15, 0.2) is 12.1 Å². The fraction of sp³-hybridized carbons (Fsp3) is 0.571. The van der Waals surface area contributed by atoms with Crippen molar-refractivity contribution in [2.45, 2.75) is 39.7 Å². The molecule has 0 radical (unpaired) electrons. The van der Waals surface area contributed by atoms with E-state index in [0.29, 0.717) is 10.7 Å². The van der Waals surface area contributed by atoms with Gasteiger partial charge in [-0.05, 0) is 31.2 Å². The Kier molecular flexibility index (Phi) is 7.24. The summed E-state index contributed by atoms with van der Waals surface area (Å²) >= 11 is 7.77. The van der Waals surface area contributed by atoms with Crippen LogP contribution in [0.25, 0.3) is 0 Å². The van der Waals surface area contributed by atoms with Crippen LogP contribution < -0.4 is 5.32 Å². The van der Waals surface area contributed by atoms with E-state index >= 15 is 0 Å². The molecule has 0 bridgehead atoms. The summed E-state index contributed by atoms with van der Waals surface area (Å²) in [6, 6.07) is 3.60. The Bertz CT molecular complexity index is 426. The van der Waals surface area contributed by atoms with Gasteiger partial charge in [0.2, 0.25) is 0 Å². The second-order valence-electron chi connectivity index (χ2n) is 4.45. The SMILES string of the molecule is CCCc1cc(C(=O)NC(C)CSCC)cc(Cl)n1. The summed E-state index contributed by atoms with van der Waals surface area (Å²) in [6.45, 7) is 6.20. The number of thioether (sulfide) groups is 1. The maximum absolute atomic E-state index is 12.1. The van der Waals surface area contributed by atoms with Crippen molar-refractivity contribution in [3.05, 3.63) is 28.5 Å². The van der Waals surface area contributed by atoms with Crippen molar-refractivity contribution in [1.82, 2.24) is 10.3 Å². The summed E-state index contributed by atoms with van der Waals surface area (Å²) in [4.78, 5) is 16.3. The molecule has 0 aliphatic heterocycles. The zero-order valence-electron chi connectivity index (χ0n) is 11.7. The Morgan fingerprint density at radius 1 is 1.47 bits per heavy atom. The van der Waals surface area contributed by atoms with E-state index in [1.165, 1.54) is 0 Å². The van der Waals surface area contributed by atoms with Gasteiger partial charge in [-0.25, -0.2) is 4.98 Å². The van der Waals surface area contributed by atoms with E-state index in [1.54, 1.807) is 6.07 Å². The molecule has 1 unspecified atom stereocenters. The summed E-state index contributed by atoms with van der Waals surface area (Å²) in [5, 5.41) is 3.36. The number of aromatic nitrogens is 1. The summed E-state index contributed by atoms with van der Waals surface area (Å²) in [5.41, 5.74) is 1.47. The maximum Gasteiger partial charge on any atom is 0.251 e. The minimum Gasteiger partial charge on any atom is -0.349 e. The summed E-state index contributed by atoms with van der Waals surface area (Å²) in [5.74, 6) is 1.90. The molecule has 1 aromatic rings. The lowest BCUT2D eigenvalue weighted by Crippen LogP contribution is -2.34. The first kappa shape index (κ1) is 16.3. The van der Waals surface area contributed by atoms with Gasteiger partial charge in [-0.2, -0.15) is 11.8 Å². The molecule has 5 heteroatoms. The Morgan fingerprint density at radius 3 is 2.84 bits per heavy atom. The largest absolute Gasteiger partial charge is 0.349 e. The third kappa shape index (κ3) is 5.83. The van der Waals surface area contributed by atoms with Crippen LogP contribution in [0, 0.1) is 0 Å². The molecule has 1 heterocycles. The Hall–Kier alpha value is -0.740. The number of nitrogens with zero attached hydrogens (tertiary/aromatic N) is 1. The van der Waals surface area contributed by atoms with Crippen LogP contribution >= 0.6 is 23.4 Å². The summed E-state index contributed by atoms with van der Waals surface area (Å²) in [7, 11) is 0. The van der Waals surface area contributed by atoms with Gasteiger partial charge in [-0.3, -0.25) is 4.79 Å². The number of hydrogen-bond donors (Lipinski definition) is 1. The van der Waals surface area contributed by atoms with Crippen molar-refractivity contribution < 1.29 is 4.79 Å². The van der Waals surface area contributed by atoms with Gasteiger partial charge in [0.1, 0.15) is 5.15 Å². The van der Waals surface area contributed by atoms with Crippen molar-refractivity contribution in [2.75, 3.05) is 11.5 Å². The van der Waals surface area contributed by atoms with Gasteiger partial charge >= 0.3 is 0 Å². The van der Waals surface area contributed by atoms with Crippen LogP contribution in [-0.4, -0.2) is 28.4 Å². The van der Waals surface area contributed by atoms with Crippen molar-refractivity contribution in [3.8, 4) is 0 Å². The van der Waals surface area contributed by atoms with Gasteiger partial charge in [0, 0.05) is 23.1 Å². The zero-order valence-corrected chi connectivity index (χ0v) is 13.3. The number of pyridine rings is 1. The van der Waals surface area contributed by atoms with Gasteiger partial charge in [0.15, 0.2) is 0 Å². The average Bonchev–Trinajstić information content (AvgIpc) is 2.36. The first-order chi connectivity index (χ1) is 9.06. The molecular weight excluding hydrogens is 280 g/mol. The monoisotopic (exact) mass is 300 g/mol. The Morgan fingerprint density at radius 2 is 2.21 bits per heavy atom. The molecule has 0 spiro atoms. The molecule has 1 atom stereocenters. The summed E-state index contributed by atoms with van der Waals surface area (Å²) in [6.07, 6.45) is 1.82. The standard InChI is InChI=1S/C14H21ClN2OS/c1-4-6-12-7-11(8-13(15)17-12)14(18)16-10(3)9-19-5-2/h7-8,10H,4-6,9H2,1-3H3,(H,16,18). The van der Waals surface area contributed by atoms with E-state index in [4.69, 9.17) is 11.6 Å². The molecule has 1 aromatic heterocycles. The van der Waals surface area contributed by atoms with Gasteiger partial charge in [0.05, 0.1) is 0 Å². The van der Waals surface area contributed by atoms with Crippen LogP contribution in [0.5, 0.6) is 0 Å². The first-order valence-electron chi connectivity index (χ1n) is 6.61. The molecule has 1 N–H and O–H groups in total. The van der Waals surface area contributed by atoms with E-state index in [0.717, 1.165) is 30.0 Å². The third-order valence-electron chi connectivity index (χ3n) is 2.56. The lowest BCUT2D eigenvalue weighted by Gasteiger charge is -2.13. The zero-order chi connectivity index (χ0) is 14.3. The number of halogens is 1. The summed E-state index contributed by atoms with van der Waals surface area (Å²) < 4.78 is 0. The molecule has 0 fully saturated rings.